The summed E-state index contributed by atoms with van der Waals surface area (Å²) in [6.45, 7) is 8.66. The van der Waals surface area contributed by atoms with Crippen LogP contribution in [-0.2, 0) is 6.54 Å². The van der Waals surface area contributed by atoms with E-state index in [9.17, 15) is 0 Å². The highest BCUT2D eigenvalue weighted by Crippen LogP contribution is 2.27. The summed E-state index contributed by atoms with van der Waals surface area (Å²) in [6, 6.07) is 0. The Hall–Kier alpha value is -1.25. The Morgan fingerprint density at radius 2 is 2.35 bits per heavy atom. The summed E-state index contributed by atoms with van der Waals surface area (Å²) in [6.07, 6.45) is 8.94. The Kier molecular flexibility index (Phi) is 3.87. The summed E-state index contributed by atoms with van der Waals surface area (Å²) >= 11 is 0. The summed E-state index contributed by atoms with van der Waals surface area (Å²) in [7, 11) is 0. The quantitative estimate of drug-likeness (QED) is 0.809. The minimum absolute atomic E-state index is 0.730. The lowest BCUT2D eigenvalue weighted by Gasteiger charge is -2.25. The topological polar surface area (TPSA) is 29.9 Å². The standard InChI is InChI=1S/C14H23N3/c1-4-17-10-14(9-16-17)15-8-13-6-11(2)5-12(3)7-13/h5,9-11,13,15H,4,6-8H2,1-3H3. The molecule has 3 heteroatoms. The van der Waals surface area contributed by atoms with E-state index < -0.39 is 0 Å². The molecule has 0 saturated carbocycles. The maximum atomic E-state index is 4.27. The van der Waals surface area contributed by atoms with Gasteiger partial charge >= 0.3 is 0 Å². The number of anilines is 1. The number of allylic oxidation sites excluding steroid dienone is 2. The van der Waals surface area contributed by atoms with E-state index in [0.717, 1.165) is 30.6 Å². The fourth-order valence-electron chi connectivity index (χ4n) is 2.73. The SMILES string of the molecule is CCn1cc(NCC2CC(C)=CC(C)C2)cn1. The molecule has 0 fully saturated rings. The fraction of sp³-hybridized carbons (Fsp3) is 0.643. The van der Waals surface area contributed by atoms with Crippen molar-refractivity contribution in [3.8, 4) is 0 Å². The van der Waals surface area contributed by atoms with E-state index in [0.29, 0.717) is 0 Å². The molecule has 1 aliphatic rings. The zero-order valence-corrected chi connectivity index (χ0v) is 11.1. The summed E-state index contributed by atoms with van der Waals surface area (Å²) in [5.41, 5.74) is 2.69. The van der Waals surface area contributed by atoms with Gasteiger partial charge in [0.1, 0.15) is 0 Å². The highest BCUT2D eigenvalue weighted by Gasteiger charge is 2.17. The van der Waals surface area contributed by atoms with Crippen LogP contribution in [0.4, 0.5) is 5.69 Å². The van der Waals surface area contributed by atoms with E-state index in [1.807, 2.05) is 10.9 Å². The van der Waals surface area contributed by atoms with Gasteiger partial charge in [-0.05, 0) is 38.5 Å². The minimum atomic E-state index is 0.730. The molecule has 1 aromatic heterocycles. The lowest BCUT2D eigenvalue weighted by atomic mass is 9.84. The van der Waals surface area contributed by atoms with Crippen molar-refractivity contribution in [2.75, 3.05) is 11.9 Å². The average molecular weight is 233 g/mol. The molecule has 94 valence electrons. The van der Waals surface area contributed by atoms with Gasteiger partial charge in [-0.2, -0.15) is 5.10 Å². The molecular weight excluding hydrogens is 210 g/mol. The molecule has 0 aromatic carbocycles. The molecule has 17 heavy (non-hydrogen) atoms. The number of hydrogen-bond acceptors (Lipinski definition) is 2. The molecule has 2 atom stereocenters. The average Bonchev–Trinajstić information content (AvgIpc) is 2.73. The number of aryl methyl sites for hydroxylation is 1. The van der Waals surface area contributed by atoms with Crippen LogP contribution in [-0.4, -0.2) is 16.3 Å². The smallest absolute Gasteiger partial charge is 0.0726 e. The van der Waals surface area contributed by atoms with Crippen molar-refractivity contribution >= 4 is 5.69 Å². The van der Waals surface area contributed by atoms with Crippen LogP contribution in [0, 0.1) is 11.8 Å². The molecule has 3 nitrogen and oxygen atoms in total. The largest absolute Gasteiger partial charge is 0.382 e. The molecule has 0 spiro atoms. The van der Waals surface area contributed by atoms with Gasteiger partial charge in [-0.3, -0.25) is 4.68 Å². The molecular formula is C14H23N3. The van der Waals surface area contributed by atoms with Crippen molar-refractivity contribution in [2.45, 2.75) is 40.2 Å². The number of nitrogens with zero attached hydrogens (tertiary/aromatic N) is 2. The molecule has 2 rings (SSSR count). The van der Waals surface area contributed by atoms with Crippen LogP contribution >= 0.6 is 0 Å². The lowest BCUT2D eigenvalue weighted by Crippen LogP contribution is -2.20. The highest BCUT2D eigenvalue weighted by atomic mass is 15.3. The molecule has 0 saturated heterocycles. The van der Waals surface area contributed by atoms with Crippen molar-refractivity contribution in [2.24, 2.45) is 11.8 Å². The molecule has 0 aliphatic heterocycles. The summed E-state index contributed by atoms with van der Waals surface area (Å²) in [4.78, 5) is 0. The van der Waals surface area contributed by atoms with Crippen molar-refractivity contribution in [3.05, 3.63) is 24.0 Å². The highest BCUT2D eigenvalue weighted by molar-refractivity contribution is 5.38. The molecule has 0 bridgehead atoms. The second-order valence-corrected chi connectivity index (χ2v) is 5.26. The predicted molar refractivity (Wildman–Crippen MR) is 72.0 cm³/mol. The van der Waals surface area contributed by atoms with E-state index in [4.69, 9.17) is 0 Å². The molecule has 1 heterocycles. The minimum Gasteiger partial charge on any atom is -0.382 e. The fourth-order valence-corrected chi connectivity index (χ4v) is 2.73. The first kappa shape index (κ1) is 12.2. The van der Waals surface area contributed by atoms with Crippen LogP contribution in [0.2, 0.25) is 0 Å². The van der Waals surface area contributed by atoms with Gasteiger partial charge < -0.3 is 5.32 Å². The van der Waals surface area contributed by atoms with Gasteiger partial charge in [0.2, 0.25) is 0 Å². The van der Waals surface area contributed by atoms with Gasteiger partial charge in [0.05, 0.1) is 11.9 Å². The first-order chi connectivity index (χ1) is 8.17. The third kappa shape index (κ3) is 3.35. The number of aromatic nitrogens is 2. The lowest BCUT2D eigenvalue weighted by molar-refractivity contribution is 0.421. The summed E-state index contributed by atoms with van der Waals surface area (Å²) in [5, 5.41) is 7.77. The van der Waals surface area contributed by atoms with Gasteiger partial charge in [0.15, 0.2) is 0 Å². The molecule has 1 N–H and O–H groups in total. The first-order valence-corrected chi connectivity index (χ1v) is 6.61. The molecule has 0 radical (unpaired) electrons. The molecule has 1 aliphatic carbocycles. The van der Waals surface area contributed by atoms with Crippen LogP contribution in [0.25, 0.3) is 0 Å². The molecule has 0 amide bonds. The van der Waals surface area contributed by atoms with Gasteiger partial charge in [-0.1, -0.05) is 18.6 Å². The predicted octanol–water partition coefficient (Wildman–Crippen LogP) is 3.31. The Labute approximate surface area is 104 Å². The summed E-state index contributed by atoms with van der Waals surface area (Å²) < 4.78 is 1.96. The molecule has 2 unspecified atom stereocenters. The number of rotatable bonds is 4. The zero-order chi connectivity index (χ0) is 12.3. The molecule has 1 aromatic rings. The second kappa shape index (κ2) is 5.39. The van der Waals surface area contributed by atoms with Crippen LogP contribution in [0.15, 0.2) is 24.0 Å². The van der Waals surface area contributed by atoms with Crippen molar-refractivity contribution in [1.82, 2.24) is 9.78 Å². The van der Waals surface area contributed by atoms with Gasteiger partial charge in [-0.15, -0.1) is 0 Å². The summed E-state index contributed by atoms with van der Waals surface area (Å²) in [5.74, 6) is 1.49. The zero-order valence-electron chi connectivity index (χ0n) is 11.1. The Balaban J connectivity index is 1.84. The van der Waals surface area contributed by atoms with Crippen molar-refractivity contribution in [1.29, 1.82) is 0 Å². The van der Waals surface area contributed by atoms with Gasteiger partial charge in [-0.25, -0.2) is 0 Å². The third-order valence-corrected chi connectivity index (χ3v) is 3.44. The third-order valence-electron chi connectivity index (χ3n) is 3.44. The van der Waals surface area contributed by atoms with E-state index in [1.165, 1.54) is 12.8 Å². The monoisotopic (exact) mass is 233 g/mol. The normalized spacial score (nSPS) is 24.5. The Bertz CT molecular complexity index is 392. The Morgan fingerprint density at radius 1 is 1.53 bits per heavy atom. The van der Waals surface area contributed by atoms with E-state index >= 15 is 0 Å². The second-order valence-electron chi connectivity index (χ2n) is 5.26. The van der Waals surface area contributed by atoms with Crippen molar-refractivity contribution in [3.63, 3.8) is 0 Å². The number of nitrogens with one attached hydrogen (secondary N) is 1. The van der Waals surface area contributed by atoms with Crippen LogP contribution in [0.5, 0.6) is 0 Å². The Morgan fingerprint density at radius 3 is 3.00 bits per heavy atom. The van der Waals surface area contributed by atoms with E-state index in [2.05, 4.69) is 43.5 Å². The number of hydrogen-bond donors (Lipinski definition) is 1. The van der Waals surface area contributed by atoms with E-state index in [1.54, 1.807) is 5.57 Å². The van der Waals surface area contributed by atoms with Crippen molar-refractivity contribution < 1.29 is 0 Å². The maximum absolute atomic E-state index is 4.27. The van der Waals surface area contributed by atoms with Crippen LogP contribution in [0.3, 0.4) is 0 Å². The van der Waals surface area contributed by atoms with E-state index in [-0.39, 0.29) is 0 Å². The van der Waals surface area contributed by atoms with Gasteiger partial charge in [0, 0.05) is 19.3 Å². The maximum Gasteiger partial charge on any atom is 0.0726 e. The van der Waals surface area contributed by atoms with Crippen LogP contribution < -0.4 is 5.32 Å². The van der Waals surface area contributed by atoms with Crippen LogP contribution in [0.1, 0.15) is 33.6 Å². The van der Waals surface area contributed by atoms with Gasteiger partial charge in [0.25, 0.3) is 0 Å². The first-order valence-electron chi connectivity index (χ1n) is 6.61.